The minimum atomic E-state index is -0.905. The highest BCUT2D eigenvalue weighted by Gasteiger charge is 2.16. The minimum Gasteiger partial charge on any atom is -0.481 e. The van der Waals surface area contributed by atoms with Crippen molar-refractivity contribution in [2.75, 3.05) is 11.5 Å². The molecule has 0 aliphatic heterocycles. The SMILES string of the molecule is CC(C(=O)O)c1cc(N)ccc1N. The van der Waals surface area contributed by atoms with Crippen LogP contribution in [0.1, 0.15) is 18.4 Å². The van der Waals surface area contributed by atoms with Crippen LogP contribution in [-0.4, -0.2) is 11.1 Å². The smallest absolute Gasteiger partial charge is 0.310 e. The molecule has 1 rings (SSSR count). The maximum Gasteiger partial charge on any atom is 0.310 e. The number of benzene rings is 1. The molecule has 70 valence electrons. The Morgan fingerprint density at radius 1 is 1.46 bits per heavy atom. The Hall–Kier alpha value is -1.71. The molecule has 0 aliphatic carbocycles. The molecule has 0 fully saturated rings. The van der Waals surface area contributed by atoms with E-state index in [1.165, 1.54) is 0 Å². The Kier molecular flexibility index (Phi) is 2.41. The van der Waals surface area contributed by atoms with Crippen LogP contribution in [0.2, 0.25) is 0 Å². The van der Waals surface area contributed by atoms with Crippen LogP contribution in [0.3, 0.4) is 0 Å². The van der Waals surface area contributed by atoms with Gasteiger partial charge in [-0.25, -0.2) is 0 Å². The molecule has 4 heteroatoms. The maximum atomic E-state index is 10.7. The van der Waals surface area contributed by atoms with E-state index in [0.29, 0.717) is 16.9 Å². The summed E-state index contributed by atoms with van der Waals surface area (Å²) >= 11 is 0. The summed E-state index contributed by atoms with van der Waals surface area (Å²) in [4.78, 5) is 10.7. The van der Waals surface area contributed by atoms with Gasteiger partial charge in [-0.15, -0.1) is 0 Å². The Labute approximate surface area is 76.2 Å². The largest absolute Gasteiger partial charge is 0.481 e. The topological polar surface area (TPSA) is 89.3 Å². The molecule has 0 saturated carbocycles. The second-order valence-corrected chi connectivity index (χ2v) is 2.95. The number of aliphatic carboxylic acids is 1. The third kappa shape index (κ3) is 1.90. The van der Waals surface area contributed by atoms with E-state index >= 15 is 0 Å². The number of nitrogen functional groups attached to an aromatic ring is 2. The summed E-state index contributed by atoms with van der Waals surface area (Å²) in [5.74, 6) is -1.53. The standard InChI is InChI=1S/C9H12N2O2/c1-5(9(12)13)7-4-6(10)2-3-8(7)11/h2-5H,10-11H2,1H3,(H,12,13). The Morgan fingerprint density at radius 3 is 2.62 bits per heavy atom. The average Bonchev–Trinajstić information content (AvgIpc) is 2.08. The summed E-state index contributed by atoms with van der Waals surface area (Å²) in [6, 6.07) is 4.85. The summed E-state index contributed by atoms with van der Waals surface area (Å²) in [6.45, 7) is 1.58. The van der Waals surface area contributed by atoms with Crippen molar-refractivity contribution >= 4 is 17.3 Å². The first-order valence-corrected chi connectivity index (χ1v) is 3.90. The lowest BCUT2D eigenvalue weighted by Crippen LogP contribution is -2.10. The maximum absolute atomic E-state index is 10.7. The van der Waals surface area contributed by atoms with Gasteiger partial charge in [0.2, 0.25) is 0 Å². The highest BCUT2D eigenvalue weighted by Crippen LogP contribution is 2.24. The lowest BCUT2D eigenvalue weighted by molar-refractivity contribution is -0.138. The highest BCUT2D eigenvalue weighted by atomic mass is 16.4. The number of anilines is 2. The number of rotatable bonds is 2. The molecule has 5 N–H and O–H groups in total. The molecule has 0 bridgehead atoms. The zero-order chi connectivity index (χ0) is 10.0. The van der Waals surface area contributed by atoms with Gasteiger partial charge < -0.3 is 16.6 Å². The Balaban J connectivity index is 3.12. The number of carbonyl (C=O) groups is 1. The first kappa shape index (κ1) is 9.38. The van der Waals surface area contributed by atoms with Gasteiger partial charge in [-0.3, -0.25) is 4.79 Å². The molecule has 0 aromatic heterocycles. The van der Waals surface area contributed by atoms with Crippen molar-refractivity contribution in [1.82, 2.24) is 0 Å². The van der Waals surface area contributed by atoms with Gasteiger partial charge >= 0.3 is 5.97 Å². The van der Waals surface area contributed by atoms with Crippen LogP contribution in [0.5, 0.6) is 0 Å². The van der Waals surface area contributed by atoms with E-state index in [2.05, 4.69) is 0 Å². The summed E-state index contributed by atoms with van der Waals surface area (Å²) in [5, 5.41) is 8.75. The van der Waals surface area contributed by atoms with Gasteiger partial charge in [0.15, 0.2) is 0 Å². The number of carboxylic acids is 1. The molecule has 0 aliphatic rings. The van der Waals surface area contributed by atoms with Gasteiger partial charge in [-0.1, -0.05) is 0 Å². The molecule has 1 atom stereocenters. The fourth-order valence-corrected chi connectivity index (χ4v) is 1.10. The summed E-state index contributed by atoms with van der Waals surface area (Å²) < 4.78 is 0. The van der Waals surface area contributed by atoms with Gasteiger partial charge in [0.05, 0.1) is 5.92 Å². The van der Waals surface area contributed by atoms with Crippen LogP contribution in [0.15, 0.2) is 18.2 Å². The highest BCUT2D eigenvalue weighted by molar-refractivity contribution is 5.78. The first-order chi connectivity index (χ1) is 6.02. The van der Waals surface area contributed by atoms with Crippen molar-refractivity contribution in [3.63, 3.8) is 0 Å². The number of hydrogen-bond acceptors (Lipinski definition) is 3. The van der Waals surface area contributed by atoms with Gasteiger partial charge in [-0.05, 0) is 30.7 Å². The van der Waals surface area contributed by atoms with Crippen molar-refractivity contribution in [3.05, 3.63) is 23.8 Å². The Bertz CT molecular complexity index is 336. The average molecular weight is 180 g/mol. The first-order valence-electron chi connectivity index (χ1n) is 3.90. The molecule has 0 saturated heterocycles. The van der Waals surface area contributed by atoms with E-state index in [4.69, 9.17) is 16.6 Å². The van der Waals surface area contributed by atoms with E-state index in [1.807, 2.05) is 0 Å². The van der Waals surface area contributed by atoms with Crippen LogP contribution in [0.4, 0.5) is 11.4 Å². The van der Waals surface area contributed by atoms with E-state index in [0.717, 1.165) is 0 Å². The van der Waals surface area contributed by atoms with Crippen molar-refractivity contribution in [1.29, 1.82) is 0 Å². The number of hydrogen-bond donors (Lipinski definition) is 3. The second-order valence-electron chi connectivity index (χ2n) is 2.95. The fraction of sp³-hybridized carbons (Fsp3) is 0.222. The number of nitrogens with two attached hydrogens (primary N) is 2. The zero-order valence-electron chi connectivity index (χ0n) is 7.32. The Morgan fingerprint density at radius 2 is 2.08 bits per heavy atom. The number of carboxylic acid groups (broad SMARTS) is 1. The molecule has 0 radical (unpaired) electrons. The summed E-state index contributed by atoms with van der Waals surface area (Å²) in [6.07, 6.45) is 0. The van der Waals surface area contributed by atoms with Crippen LogP contribution in [-0.2, 0) is 4.79 Å². The third-order valence-corrected chi connectivity index (χ3v) is 1.95. The van der Waals surface area contributed by atoms with E-state index in [-0.39, 0.29) is 0 Å². The molecule has 1 aromatic rings. The van der Waals surface area contributed by atoms with Gasteiger partial charge in [0.1, 0.15) is 0 Å². The normalized spacial score (nSPS) is 12.4. The van der Waals surface area contributed by atoms with E-state index in [1.54, 1.807) is 25.1 Å². The molecule has 1 unspecified atom stereocenters. The van der Waals surface area contributed by atoms with Crippen molar-refractivity contribution in [3.8, 4) is 0 Å². The molecule has 0 amide bonds. The van der Waals surface area contributed by atoms with Gasteiger partial charge in [0.25, 0.3) is 0 Å². The lowest BCUT2D eigenvalue weighted by Gasteiger charge is -2.10. The van der Waals surface area contributed by atoms with E-state index < -0.39 is 11.9 Å². The zero-order valence-corrected chi connectivity index (χ0v) is 7.32. The van der Waals surface area contributed by atoms with Gasteiger partial charge in [0, 0.05) is 11.4 Å². The lowest BCUT2D eigenvalue weighted by atomic mass is 9.99. The molecule has 0 heterocycles. The second kappa shape index (κ2) is 3.35. The third-order valence-electron chi connectivity index (χ3n) is 1.95. The molecule has 1 aromatic carbocycles. The van der Waals surface area contributed by atoms with Crippen molar-refractivity contribution < 1.29 is 9.90 Å². The summed E-state index contributed by atoms with van der Waals surface area (Å²) in [7, 11) is 0. The predicted octanol–water partition coefficient (Wildman–Crippen LogP) is 1.04. The van der Waals surface area contributed by atoms with Crippen molar-refractivity contribution in [2.45, 2.75) is 12.8 Å². The summed E-state index contributed by atoms with van der Waals surface area (Å²) in [5.41, 5.74) is 12.7. The monoisotopic (exact) mass is 180 g/mol. The van der Waals surface area contributed by atoms with Crippen molar-refractivity contribution in [2.24, 2.45) is 0 Å². The van der Waals surface area contributed by atoms with Crippen LogP contribution >= 0.6 is 0 Å². The molecular formula is C9H12N2O2. The fourth-order valence-electron chi connectivity index (χ4n) is 1.10. The molecular weight excluding hydrogens is 168 g/mol. The molecule has 4 nitrogen and oxygen atoms in total. The van der Waals surface area contributed by atoms with Crippen LogP contribution in [0.25, 0.3) is 0 Å². The van der Waals surface area contributed by atoms with Crippen LogP contribution < -0.4 is 11.5 Å². The molecule has 0 spiro atoms. The minimum absolute atomic E-state index is 0.462. The quantitative estimate of drug-likeness (QED) is 0.593. The molecule has 13 heavy (non-hydrogen) atoms. The predicted molar refractivity (Wildman–Crippen MR) is 51.3 cm³/mol. The van der Waals surface area contributed by atoms with Gasteiger partial charge in [-0.2, -0.15) is 0 Å². The van der Waals surface area contributed by atoms with E-state index in [9.17, 15) is 4.79 Å². The van der Waals surface area contributed by atoms with Crippen LogP contribution in [0, 0.1) is 0 Å².